The molecule has 0 aliphatic rings. The first-order valence-electron chi connectivity index (χ1n) is 10.8. The van der Waals surface area contributed by atoms with E-state index in [0.29, 0.717) is 25.3 Å². The quantitative estimate of drug-likeness (QED) is 0.484. The number of carbonyl (C=O) groups is 3. The van der Waals surface area contributed by atoms with Crippen LogP contribution in [-0.4, -0.2) is 36.5 Å². The van der Waals surface area contributed by atoms with E-state index in [2.05, 4.69) is 16.0 Å². The van der Waals surface area contributed by atoms with Crippen LogP contribution in [0.4, 0.5) is 4.79 Å². The summed E-state index contributed by atoms with van der Waals surface area (Å²) in [6.07, 6.45) is 0.660. The SMILES string of the molecule is CCC(NC(=O)CC(CC(C)C)NC(=O)OCc1ccccc1)C(=O)NCC(C)C. The van der Waals surface area contributed by atoms with Gasteiger partial charge in [-0.05, 0) is 30.2 Å². The number of benzene rings is 1. The van der Waals surface area contributed by atoms with Gasteiger partial charge in [0.15, 0.2) is 0 Å². The zero-order valence-corrected chi connectivity index (χ0v) is 18.9. The van der Waals surface area contributed by atoms with E-state index in [1.807, 2.05) is 65.0 Å². The molecule has 0 radical (unpaired) electrons. The van der Waals surface area contributed by atoms with Gasteiger partial charge in [0.25, 0.3) is 0 Å². The summed E-state index contributed by atoms with van der Waals surface area (Å²) in [4.78, 5) is 37.0. The molecule has 0 aliphatic heterocycles. The Morgan fingerprint density at radius 1 is 0.967 bits per heavy atom. The van der Waals surface area contributed by atoms with E-state index in [4.69, 9.17) is 4.74 Å². The summed E-state index contributed by atoms with van der Waals surface area (Å²) in [5, 5.41) is 8.41. The molecule has 0 bridgehead atoms. The fourth-order valence-corrected chi connectivity index (χ4v) is 2.95. The van der Waals surface area contributed by atoms with E-state index in [0.717, 1.165) is 5.56 Å². The number of rotatable bonds is 12. The Kier molecular flexibility index (Phi) is 11.6. The van der Waals surface area contributed by atoms with Crippen molar-refractivity contribution in [3.8, 4) is 0 Å². The second kappa shape index (κ2) is 13.6. The van der Waals surface area contributed by atoms with Crippen LogP contribution in [0.15, 0.2) is 30.3 Å². The lowest BCUT2D eigenvalue weighted by Crippen LogP contribution is -2.49. The number of carbonyl (C=O) groups excluding carboxylic acids is 3. The van der Waals surface area contributed by atoms with Crippen molar-refractivity contribution in [3.05, 3.63) is 35.9 Å². The fourth-order valence-electron chi connectivity index (χ4n) is 2.95. The van der Waals surface area contributed by atoms with Gasteiger partial charge in [0.05, 0.1) is 0 Å². The minimum absolute atomic E-state index is 0.0899. The molecule has 2 atom stereocenters. The van der Waals surface area contributed by atoms with Gasteiger partial charge in [-0.3, -0.25) is 9.59 Å². The van der Waals surface area contributed by atoms with Crippen molar-refractivity contribution in [2.75, 3.05) is 6.54 Å². The van der Waals surface area contributed by atoms with Crippen molar-refractivity contribution >= 4 is 17.9 Å². The molecule has 3 N–H and O–H groups in total. The molecule has 0 saturated carbocycles. The van der Waals surface area contributed by atoms with Crippen molar-refractivity contribution in [1.82, 2.24) is 16.0 Å². The van der Waals surface area contributed by atoms with Crippen LogP contribution in [0.5, 0.6) is 0 Å². The van der Waals surface area contributed by atoms with Crippen molar-refractivity contribution in [2.24, 2.45) is 11.8 Å². The highest BCUT2D eigenvalue weighted by Gasteiger charge is 2.23. The second-order valence-corrected chi connectivity index (χ2v) is 8.40. The molecule has 0 saturated heterocycles. The Balaban J connectivity index is 2.57. The van der Waals surface area contributed by atoms with Crippen LogP contribution >= 0.6 is 0 Å². The highest BCUT2D eigenvalue weighted by atomic mass is 16.5. The van der Waals surface area contributed by atoms with Crippen molar-refractivity contribution in [3.63, 3.8) is 0 Å². The Labute approximate surface area is 180 Å². The summed E-state index contributed by atoms with van der Waals surface area (Å²) in [6, 6.07) is 8.45. The number of amides is 3. The molecular weight excluding hydrogens is 382 g/mol. The molecule has 1 aromatic carbocycles. The van der Waals surface area contributed by atoms with Crippen LogP contribution in [0.3, 0.4) is 0 Å². The maximum absolute atomic E-state index is 12.5. The van der Waals surface area contributed by atoms with Gasteiger partial charge in [0.2, 0.25) is 11.8 Å². The Hall–Kier alpha value is -2.57. The molecule has 0 spiro atoms. The number of nitrogens with one attached hydrogen (secondary N) is 3. The van der Waals surface area contributed by atoms with Gasteiger partial charge in [-0.25, -0.2) is 4.79 Å². The number of ether oxygens (including phenoxy) is 1. The van der Waals surface area contributed by atoms with Crippen LogP contribution in [-0.2, 0) is 20.9 Å². The summed E-state index contributed by atoms with van der Waals surface area (Å²) in [5.74, 6) is 0.169. The second-order valence-electron chi connectivity index (χ2n) is 8.40. The molecule has 0 aromatic heterocycles. The average molecular weight is 420 g/mol. The third kappa shape index (κ3) is 10.8. The maximum atomic E-state index is 12.5. The largest absolute Gasteiger partial charge is 0.445 e. The van der Waals surface area contributed by atoms with E-state index >= 15 is 0 Å². The lowest BCUT2D eigenvalue weighted by molar-refractivity contribution is -0.129. The molecule has 2 unspecified atom stereocenters. The monoisotopic (exact) mass is 419 g/mol. The third-order valence-corrected chi connectivity index (χ3v) is 4.47. The molecule has 0 fully saturated rings. The Morgan fingerprint density at radius 3 is 2.20 bits per heavy atom. The predicted molar refractivity (Wildman–Crippen MR) is 118 cm³/mol. The summed E-state index contributed by atoms with van der Waals surface area (Å²) in [6.45, 7) is 10.7. The van der Waals surface area contributed by atoms with E-state index in [9.17, 15) is 14.4 Å². The number of hydrogen-bond acceptors (Lipinski definition) is 4. The van der Waals surface area contributed by atoms with Crippen molar-refractivity contribution in [1.29, 1.82) is 0 Å². The van der Waals surface area contributed by atoms with Gasteiger partial charge in [-0.15, -0.1) is 0 Å². The van der Waals surface area contributed by atoms with Gasteiger partial charge in [-0.1, -0.05) is 65.0 Å². The van der Waals surface area contributed by atoms with Gasteiger partial charge in [0.1, 0.15) is 12.6 Å². The number of hydrogen-bond donors (Lipinski definition) is 3. The Bertz CT molecular complexity index is 662. The predicted octanol–water partition coefficient (Wildman–Crippen LogP) is 3.38. The standard InChI is InChI=1S/C23H37N3O4/c1-6-20(22(28)24-14-17(4)5)26-21(27)13-19(12-16(2)3)25-23(29)30-15-18-10-8-7-9-11-18/h7-11,16-17,19-20H,6,12-15H2,1-5H3,(H,24,28)(H,25,29)(H,26,27). The zero-order chi connectivity index (χ0) is 22.5. The van der Waals surface area contributed by atoms with Crippen LogP contribution < -0.4 is 16.0 Å². The average Bonchev–Trinajstić information content (AvgIpc) is 2.68. The third-order valence-electron chi connectivity index (χ3n) is 4.47. The topological polar surface area (TPSA) is 96.5 Å². The summed E-state index contributed by atoms with van der Waals surface area (Å²) < 4.78 is 5.27. The van der Waals surface area contributed by atoms with Crippen LogP contribution in [0.25, 0.3) is 0 Å². The zero-order valence-electron chi connectivity index (χ0n) is 18.9. The normalized spacial score (nSPS) is 12.9. The Morgan fingerprint density at radius 2 is 1.63 bits per heavy atom. The van der Waals surface area contributed by atoms with Crippen molar-refractivity contribution < 1.29 is 19.1 Å². The van der Waals surface area contributed by atoms with Gasteiger partial charge >= 0.3 is 6.09 Å². The molecular formula is C23H37N3O4. The molecule has 1 rings (SSSR count). The van der Waals surface area contributed by atoms with Crippen molar-refractivity contribution in [2.45, 2.75) is 72.6 Å². The molecule has 1 aromatic rings. The molecule has 3 amide bonds. The smallest absolute Gasteiger partial charge is 0.407 e. The van der Waals surface area contributed by atoms with Gasteiger partial charge < -0.3 is 20.7 Å². The van der Waals surface area contributed by atoms with Gasteiger partial charge in [-0.2, -0.15) is 0 Å². The van der Waals surface area contributed by atoms with E-state index in [1.54, 1.807) is 0 Å². The van der Waals surface area contributed by atoms with Crippen LogP contribution in [0.1, 0.15) is 59.4 Å². The first-order chi connectivity index (χ1) is 14.2. The maximum Gasteiger partial charge on any atom is 0.407 e. The highest BCUT2D eigenvalue weighted by molar-refractivity contribution is 5.87. The van der Waals surface area contributed by atoms with Crippen LogP contribution in [0.2, 0.25) is 0 Å². The lowest BCUT2D eigenvalue weighted by Gasteiger charge is -2.22. The highest BCUT2D eigenvalue weighted by Crippen LogP contribution is 2.10. The summed E-state index contributed by atoms with van der Waals surface area (Å²) >= 11 is 0. The molecule has 7 heteroatoms. The molecule has 7 nitrogen and oxygen atoms in total. The molecule has 168 valence electrons. The minimum atomic E-state index is -0.582. The lowest BCUT2D eigenvalue weighted by atomic mass is 10.0. The molecule has 0 heterocycles. The fraction of sp³-hybridized carbons (Fsp3) is 0.609. The first kappa shape index (κ1) is 25.5. The number of alkyl carbamates (subject to hydrolysis) is 1. The molecule has 30 heavy (non-hydrogen) atoms. The minimum Gasteiger partial charge on any atom is -0.445 e. The van der Waals surface area contributed by atoms with E-state index in [1.165, 1.54) is 0 Å². The molecule has 0 aliphatic carbocycles. The first-order valence-corrected chi connectivity index (χ1v) is 10.8. The van der Waals surface area contributed by atoms with Gasteiger partial charge in [0, 0.05) is 19.0 Å². The van der Waals surface area contributed by atoms with E-state index in [-0.39, 0.29) is 36.8 Å². The van der Waals surface area contributed by atoms with Crippen LogP contribution in [0, 0.1) is 11.8 Å². The van der Waals surface area contributed by atoms with E-state index < -0.39 is 12.1 Å². The summed E-state index contributed by atoms with van der Waals surface area (Å²) in [7, 11) is 0. The summed E-state index contributed by atoms with van der Waals surface area (Å²) in [5.41, 5.74) is 0.893.